The number of amides is 3. The van der Waals surface area contributed by atoms with Gasteiger partial charge in [0, 0.05) is 6.54 Å². The monoisotopic (exact) mass is 219 g/mol. The maximum atomic E-state index is 11.4. The SMILES string of the molecule is CNCc1cccc(C2NC(=O)NC2=O)c1. The summed E-state index contributed by atoms with van der Waals surface area (Å²) in [6.45, 7) is 0.732. The molecule has 0 aromatic heterocycles. The van der Waals surface area contributed by atoms with E-state index in [1.54, 1.807) is 0 Å². The Hall–Kier alpha value is -1.88. The number of hydrogen-bond acceptors (Lipinski definition) is 3. The summed E-state index contributed by atoms with van der Waals surface area (Å²) in [5.41, 5.74) is 1.88. The Kier molecular flexibility index (Phi) is 2.87. The van der Waals surface area contributed by atoms with E-state index < -0.39 is 12.1 Å². The first-order valence-electron chi connectivity index (χ1n) is 5.05. The molecule has 5 heteroatoms. The van der Waals surface area contributed by atoms with Gasteiger partial charge in [-0.3, -0.25) is 10.1 Å². The number of carbonyl (C=O) groups is 2. The Morgan fingerprint density at radius 2 is 2.19 bits per heavy atom. The number of rotatable bonds is 3. The second kappa shape index (κ2) is 4.32. The van der Waals surface area contributed by atoms with Crippen LogP contribution in [-0.2, 0) is 11.3 Å². The minimum absolute atomic E-state index is 0.299. The number of imide groups is 1. The molecule has 0 aliphatic carbocycles. The van der Waals surface area contributed by atoms with Crippen LogP contribution in [0, 0.1) is 0 Å². The van der Waals surface area contributed by atoms with Gasteiger partial charge in [0.2, 0.25) is 0 Å². The van der Waals surface area contributed by atoms with Crippen molar-refractivity contribution in [2.24, 2.45) is 0 Å². The van der Waals surface area contributed by atoms with Crippen LogP contribution in [0.3, 0.4) is 0 Å². The molecule has 1 saturated heterocycles. The molecule has 0 radical (unpaired) electrons. The first-order chi connectivity index (χ1) is 7.70. The fourth-order valence-corrected chi connectivity index (χ4v) is 1.74. The third kappa shape index (κ3) is 2.04. The lowest BCUT2D eigenvalue weighted by Gasteiger charge is -2.09. The molecule has 1 fully saturated rings. The minimum atomic E-state index is -0.565. The van der Waals surface area contributed by atoms with Crippen molar-refractivity contribution in [2.75, 3.05) is 7.05 Å². The normalized spacial score (nSPS) is 19.4. The molecule has 3 amide bonds. The molecule has 84 valence electrons. The van der Waals surface area contributed by atoms with E-state index in [1.165, 1.54) is 0 Å². The number of carbonyl (C=O) groups excluding carboxylic acids is 2. The maximum absolute atomic E-state index is 11.4. The summed E-state index contributed by atoms with van der Waals surface area (Å²) in [7, 11) is 1.86. The molecule has 3 N–H and O–H groups in total. The van der Waals surface area contributed by atoms with Crippen molar-refractivity contribution in [1.82, 2.24) is 16.0 Å². The Morgan fingerprint density at radius 3 is 2.81 bits per heavy atom. The van der Waals surface area contributed by atoms with Crippen LogP contribution in [-0.4, -0.2) is 19.0 Å². The van der Waals surface area contributed by atoms with Crippen molar-refractivity contribution < 1.29 is 9.59 Å². The summed E-state index contributed by atoms with van der Waals surface area (Å²) in [6, 6.07) is 6.58. The molecule has 1 aromatic carbocycles. The van der Waals surface area contributed by atoms with E-state index in [9.17, 15) is 9.59 Å². The summed E-state index contributed by atoms with van der Waals surface area (Å²) in [5, 5.41) is 7.82. The zero-order valence-corrected chi connectivity index (χ0v) is 8.91. The van der Waals surface area contributed by atoms with Gasteiger partial charge in [0.1, 0.15) is 6.04 Å². The average Bonchev–Trinajstić information content (AvgIpc) is 2.59. The molecule has 0 spiro atoms. The van der Waals surface area contributed by atoms with E-state index in [1.807, 2.05) is 31.3 Å². The van der Waals surface area contributed by atoms with Crippen molar-refractivity contribution >= 4 is 11.9 Å². The third-order valence-electron chi connectivity index (χ3n) is 2.44. The predicted molar refractivity (Wildman–Crippen MR) is 58.6 cm³/mol. The van der Waals surface area contributed by atoms with Gasteiger partial charge in [-0.05, 0) is 18.2 Å². The lowest BCUT2D eigenvalue weighted by atomic mass is 10.0. The van der Waals surface area contributed by atoms with E-state index in [4.69, 9.17) is 0 Å². The van der Waals surface area contributed by atoms with E-state index in [-0.39, 0.29) is 5.91 Å². The molecule has 2 rings (SSSR count). The van der Waals surface area contributed by atoms with Gasteiger partial charge < -0.3 is 10.6 Å². The summed E-state index contributed by atoms with van der Waals surface area (Å²) in [5.74, 6) is -0.299. The summed E-state index contributed by atoms with van der Waals surface area (Å²) >= 11 is 0. The molecule has 1 heterocycles. The van der Waals surface area contributed by atoms with E-state index in [0.29, 0.717) is 0 Å². The van der Waals surface area contributed by atoms with E-state index >= 15 is 0 Å². The highest BCUT2D eigenvalue weighted by Gasteiger charge is 2.30. The van der Waals surface area contributed by atoms with Crippen LogP contribution in [0.4, 0.5) is 4.79 Å². The van der Waals surface area contributed by atoms with Crippen LogP contribution in [0.15, 0.2) is 24.3 Å². The van der Waals surface area contributed by atoms with Crippen molar-refractivity contribution in [1.29, 1.82) is 0 Å². The van der Waals surface area contributed by atoms with Gasteiger partial charge in [0.05, 0.1) is 0 Å². The fourth-order valence-electron chi connectivity index (χ4n) is 1.74. The molecule has 0 saturated carbocycles. The second-order valence-corrected chi connectivity index (χ2v) is 3.67. The molecule has 1 aromatic rings. The maximum Gasteiger partial charge on any atom is 0.322 e. The van der Waals surface area contributed by atoms with Crippen molar-refractivity contribution in [2.45, 2.75) is 12.6 Å². The zero-order chi connectivity index (χ0) is 11.5. The van der Waals surface area contributed by atoms with Crippen LogP contribution >= 0.6 is 0 Å². The van der Waals surface area contributed by atoms with Gasteiger partial charge in [-0.2, -0.15) is 0 Å². The third-order valence-corrected chi connectivity index (χ3v) is 2.44. The van der Waals surface area contributed by atoms with Crippen LogP contribution < -0.4 is 16.0 Å². The van der Waals surface area contributed by atoms with E-state index in [0.717, 1.165) is 17.7 Å². The van der Waals surface area contributed by atoms with Gasteiger partial charge in [0.15, 0.2) is 0 Å². The minimum Gasteiger partial charge on any atom is -0.322 e. The molecule has 1 aliphatic heterocycles. The Balaban J connectivity index is 2.23. The van der Waals surface area contributed by atoms with Crippen LogP contribution in [0.1, 0.15) is 17.2 Å². The molecule has 1 unspecified atom stereocenters. The molecular weight excluding hydrogens is 206 g/mol. The number of urea groups is 1. The summed E-state index contributed by atoms with van der Waals surface area (Å²) < 4.78 is 0. The largest absolute Gasteiger partial charge is 0.322 e. The Bertz CT molecular complexity index is 431. The van der Waals surface area contributed by atoms with Crippen LogP contribution in [0.2, 0.25) is 0 Å². The number of benzene rings is 1. The fraction of sp³-hybridized carbons (Fsp3) is 0.273. The Labute approximate surface area is 93.2 Å². The van der Waals surface area contributed by atoms with Gasteiger partial charge in [-0.15, -0.1) is 0 Å². The first-order valence-corrected chi connectivity index (χ1v) is 5.05. The molecule has 1 aliphatic rings. The topological polar surface area (TPSA) is 70.2 Å². The van der Waals surface area contributed by atoms with Crippen molar-refractivity contribution in [3.63, 3.8) is 0 Å². The van der Waals surface area contributed by atoms with E-state index in [2.05, 4.69) is 16.0 Å². The predicted octanol–water partition coefficient (Wildman–Crippen LogP) is 0.286. The highest BCUT2D eigenvalue weighted by Crippen LogP contribution is 2.17. The zero-order valence-electron chi connectivity index (χ0n) is 8.91. The van der Waals surface area contributed by atoms with Gasteiger partial charge >= 0.3 is 6.03 Å². The highest BCUT2D eigenvalue weighted by molar-refractivity contribution is 6.04. The summed E-state index contributed by atoms with van der Waals surface area (Å²) in [6.07, 6.45) is 0. The smallest absolute Gasteiger partial charge is 0.322 e. The number of hydrogen-bond donors (Lipinski definition) is 3. The lowest BCUT2D eigenvalue weighted by Crippen LogP contribution is -2.22. The second-order valence-electron chi connectivity index (χ2n) is 3.67. The molecule has 1 atom stereocenters. The van der Waals surface area contributed by atoms with Gasteiger partial charge in [-0.1, -0.05) is 24.3 Å². The molecule has 0 bridgehead atoms. The quantitative estimate of drug-likeness (QED) is 0.640. The van der Waals surface area contributed by atoms with Gasteiger partial charge in [0.25, 0.3) is 5.91 Å². The van der Waals surface area contributed by atoms with Crippen LogP contribution in [0.5, 0.6) is 0 Å². The van der Waals surface area contributed by atoms with Crippen molar-refractivity contribution in [3.8, 4) is 0 Å². The van der Waals surface area contributed by atoms with Crippen LogP contribution in [0.25, 0.3) is 0 Å². The Morgan fingerprint density at radius 1 is 1.38 bits per heavy atom. The lowest BCUT2D eigenvalue weighted by molar-refractivity contribution is -0.120. The first kappa shape index (κ1) is 10.6. The van der Waals surface area contributed by atoms with Crippen molar-refractivity contribution in [3.05, 3.63) is 35.4 Å². The summed E-state index contributed by atoms with van der Waals surface area (Å²) in [4.78, 5) is 22.4. The van der Waals surface area contributed by atoms with Gasteiger partial charge in [-0.25, -0.2) is 4.79 Å². The molecular formula is C11H13N3O2. The standard InChI is InChI=1S/C11H13N3O2/c1-12-6-7-3-2-4-8(5-7)9-10(15)14-11(16)13-9/h2-5,9,12H,6H2,1H3,(H2,13,14,15,16). The highest BCUT2D eigenvalue weighted by atomic mass is 16.2. The molecule has 16 heavy (non-hydrogen) atoms. The molecule has 5 nitrogen and oxygen atoms in total. The number of nitrogens with one attached hydrogen (secondary N) is 3. The average molecular weight is 219 g/mol.